The van der Waals surface area contributed by atoms with E-state index < -0.39 is 30.1 Å². The lowest BCUT2D eigenvalue weighted by Crippen LogP contribution is -2.43. The quantitative estimate of drug-likeness (QED) is 0.858. The van der Waals surface area contributed by atoms with Crippen LogP contribution in [0.1, 0.15) is 12.0 Å². The van der Waals surface area contributed by atoms with Gasteiger partial charge in [-0.2, -0.15) is 0 Å². The highest BCUT2D eigenvalue weighted by atomic mass is 35.5. The van der Waals surface area contributed by atoms with E-state index in [0.29, 0.717) is 6.42 Å². The number of halogens is 3. The predicted molar refractivity (Wildman–Crippen MR) is 57.4 cm³/mol. The molecule has 0 saturated heterocycles. The van der Waals surface area contributed by atoms with E-state index >= 15 is 0 Å². The molecule has 1 saturated carbocycles. The molecule has 2 nitrogen and oxygen atoms in total. The van der Waals surface area contributed by atoms with Crippen molar-refractivity contribution in [2.24, 2.45) is 11.7 Å². The molecule has 1 aliphatic rings. The molecule has 1 aromatic carbocycles. The van der Waals surface area contributed by atoms with Crippen molar-refractivity contribution in [2.75, 3.05) is 6.67 Å². The molecule has 5 heteroatoms. The van der Waals surface area contributed by atoms with Gasteiger partial charge in [0.2, 0.25) is 0 Å². The molecule has 1 fully saturated rings. The summed E-state index contributed by atoms with van der Waals surface area (Å²) in [4.78, 5) is 0. The maximum absolute atomic E-state index is 13.3. The first kappa shape index (κ1) is 11.8. The largest absolute Gasteiger partial charge is 0.393 e. The van der Waals surface area contributed by atoms with Gasteiger partial charge < -0.3 is 10.8 Å². The summed E-state index contributed by atoms with van der Waals surface area (Å²) < 4.78 is 26.3. The van der Waals surface area contributed by atoms with Gasteiger partial charge in [-0.3, -0.25) is 0 Å². The van der Waals surface area contributed by atoms with Crippen LogP contribution in [0.15, 0.2) is 18.2 Å². The predicted octanol–water partition coefficient (Wildman–Crippen LogP) is 1.98. The Morgan fingerprint density at radius 1 is 1.56 bits per heavy atom. The second-order valence-corrected chi connectivity index (χ2v) is 4.56. The molecule has 0 aromatic heterocycles. The Morgan fingerprint density at radius 2 is 2.19 bits per heavy atom. The van der Waals surface area contributed by atoms with Gasteiger partial charge in [-0.15, -0.1) is 0 Å². The lowest BCUT2D eigenvalue weighted by molar-refractivity contribution is 0.198. The summed E-state index contributed by atoms with van der Waals surface area (Å²) in [5.74, 6) is -1.02. The third kappa shape index (κ3) is 1.71. The van der Waals surface area contributed by atoms with Crippen LogP contribution < -0.4 is 5.73 Å². The zero-order valence-corrected chi connectivity index (χ0v) is 9.22. The molecular weight excluding hydrogens is 236 g/mol. The number of rotatable bonds is 3. The number of aliphatic hydroxyl groups is 1. The second kappa shape index (κ2) is 3.95. The van der Waals surface area contributed by atoms with Crippen molar-refractivity contribution in [3.05, 3.63) is 34.6 Å². The van der Waals surface area contributed by atoms with E-state index in [9.17, 15) is 13.9 Å². The van der Waals surface area contributed by atoms with Crippen LogP contribution in [0.5, 0.6) is 0 Å². The van der Waals surface area contributed by atoms with E-state index in [1.165, 1.54) is 18.2 Å². The minimum Gasteiger partial charge on any atom is -0.393 e. The van der Waals surface area contributed by atoms with Crippen LogP contribution >= 0.6 is 11.6 Å². The van der Waals surface area contributed by atoms with Gasteiger partial charge in [0.25, 0.3) is 0 Å². The second-order valence-electron chi connectivity index (χ2n) is 4.18. The standard InChI is InChI=1S/C11H12ClF2NO/c12-10-6(2-1-3-8(10)14)11(15,5-13)7-4-9(7)16/h1-3,7,9,16H,4-5,15H2/t7?,9-,11?/m1/s1. The van der Waals surface area contributed by atoms with Gasteiger partial charge >= 0.3 is 0 Å². The van der Waals surface area contributed by atoms with Crippen LogP contribution in [0.2, 0.25) is 5.02 Å². The van der Waals surface area contributed by atoms with Gasteiger partial charge in [-0.05, 0) is 18.1 Å². The third-order valence-corrected chi connectivity index (χ3v) is 3.48. The number of benzene rings is 1. The van der Waals surface area contributed by atoms with Crippen LogP contribution in [0.3, 0.4) is 0 Å². The Balaban J connectivity index is 2.44. The first-order chi connectivity index (χ1) is 7.50. The highest BCUT2D eigenvalue weighted by molar-refractivity contribution is 6.31. The van der Waals surface area contributed by atoms with Crippen molar-refractivity contribution in [2.45, 2.75) is 18.1 Å². The molecule has 0 heterocycles. The lowest BCUT2D eigenvalue weighted by atomic mass is 9.87. The molecular formula is C11H12ClF2NO. The summed E-state index contributed by atoms with van der Waals surface area (Å²) in [6.45, 7) is -0.877. The van der Waals surface area contributed by atoms with Crippen molar-refractivity contribution in [1.29, 1.82) is 0 Å². The Bertz CT molecular complexity index is 415. The molecule has 0 amide bonds. The highest BCUT2D eigenvalue weighted by Gasteiger charge is 2.52. The summed E-state index contributed by atoms with van der Waals surface area (Å²) in [6.07, 6.45) is -0.201. The molecule has 0 radical (unpaired) electrons. The fraction of sp³-hybridized carbons (Fsp3) is 0.455. The molecule has 0 aliphatic heterocycles. The van der Waals surface area contributed by atoms with Gasteiger partial charge in [0.05, 0.1) is 16.7 Å². The van der Waals surface area contributed by atoms with E-state index in [-0.39, 0.29) is 10.6 Å². The van der Waals surface area contributed by atoms with Gasteiger partial charge in [-0.25, -0.2) is 8.78 Å². The fourth-order valence-electron chi connectivity index (χ4n) is 1.97. The molecule has 0 bridgehead atoms. The minimum absolute atomic E-state index is 0.165. The molecule has 2 unspecified atom stereocenters. The summed E-state index contributed by atoms with van der Waals surface area (Å²) in [6, 6.07) is 4.12. The van der Waals surface area contributed by atoms with E-state index in [2.05, 4.69) is 0 Å². The molecule has 2 rings (SSSR count). The molecule has 0 spiro atoms. The first-order valence-electron chi connectivity index (χ1n) is 4.98. The zero-order valence-electron chi connectivity index (χ0n) is 8.46. The van der Waals surface area contributed by atoms with Crippen LogP contribution in [0.25, 0.3) is 0 Å². The van der Waals surface area contributed by atoms with Crippen molar-refractivity contribution < 1.29 is 13.9 Å². The van der Waals surface area contributed by atoms with Crippen LogP contribution in [-0.4, -0.2) is 17.9 Å². The van der Waals surface area contributed by atoms with Gasteiger partial charge in [-0.1, -0.05) is 23.7 Å². The van der Waals surface area contributed by atoms with E-state index in [4.69, 9.17) is 17.3 Å². The average Bonchev–Trinajstić information content (AvgIpc) is 2.99. The van der Waals surface area contributed by atoms with Crippen molar-refractivity contribution in [1.82, 2.24) is 0 Å². The Morgan fingerprint density at radius 3 is 2.69 bits per heavy atom. The van der Waals surface area contributed by atoms with Crippen LogP contribution in [0.4, 0.5) is 8.78 Å². The lowest BCUT2D eigenvalue weighted by Gasteiger charge is -2.28. The summed E-state index contributed by atoms with van der Waals surface area (Å²) >= 11 is 5.77. The molecule has 1 aliphatic carbocycles. The van der Waals surface area contributed by atoms with Crippen molar-refractivity contribution in [3.63, 3.8) is 0 Å². The Kier molecular flexibility index (Phi) is 2.90. The zero-order chi connectivity index (χ0) is 11.9. The number of aliphatic hydroxyl groups excluding tert-OH is 1. The maximum Gasteiger partial charge on any atom is 0.142 e. The number of alkyl halides is 1. The smallest absolute Gasteiger partial charge is 0.142 e. The number of hydrogen-bond donors (Lipinski definition) is 2. The monoisotopic (exact) mass is 247 g/mol. The van der Waals surface area contributed by atoms with Crippen molar-refractivity contribution in [3.8, 4) is 0 Å². The summed E-state index contributed by atoms with van der Waals surface area (Å²) in [5, 5.41) is 9.17. The van der Waals surface area contributed by atoms with Crippen LogP contribution in [-0.2, 0) is 5.54 Å². The Hall–Kier alpha value is -0.710. The number of hydrogen-bond acceptors (Lipinski definition) is 2. The number of nitrogens with two attached hydrogens (primary N) is 1. The topological polar surface area (TPSA) is 46.2 Å². The summed E-state index contributed by atoms with van der Waals surface area (Å²) in [5.41, 5.74) is 4.73. The molecule has 3 N–H and O–H groups in total. The molecule has 88 valence electrons. The highest BCUT2D eigenvalue weighted by Crippen LogP contribution is 2.46. The molecule has 16 heavy (non-hydrogen) atoms. The minimum atomic E-state index is -1.39. The molecule has 1 aromatic rings. The van der Waals surface area contributed by atoms with Crippen LogP contribution in [0, 0.1) is 11.7 Å². The first-order valence-corrected chi connectivity index (χ1v) is 5.36. The SMILES string of the molecule is NC(CF)(c1cccc(F)c1Cl)C1C[C@H]1O. The average molecular weight is 248 g/mol. The molecule has 3 atom stereocenters. The van der Waals surface area contributed by atoms with Gasteiger partial charge in [0.1, 0.15) is 12.5 Å². The third-order valence-electron chi connectivity index (χ3n) is 3.09. The fourth-order valence-corrected chi connectivity index (χ4v) is 2.27. The normalized spacial score (nSPS) is 27.6. The maximum atomic E-state index is 13.3. The van der Waals surface area contributed by atoms with Crippen molar-refractivity contribution >= 4 is 11.6 Å². The van der Waals surface area contributed by atoms with Gasteiger partial charge in [0, 0.05) is 5.92 Å². The van der Waals surface area contributed by atoms with E-state index in [1.54, 1.807) is 0 Å². The Labute approximate surface area is 97.0 Å². The van der Waals surface area contributed by atoms with E-state index in [1.807, 2.05) is 0 Å². The van der Waals surface area contributed by atoms with Gasteiger partial charge in [0.15, 0.2) is 0 Å². The summed E-state index contributed by atoms with van der Waals surface area (Å²) in [7, 11) is 0. The van der Waals surface area contributed by atoms with E-state index in [0.717, 1.165) is 0 Å².